The summed E-state index contributed by atoms with van der Waals surface area (Å²) in [5.74, 6) is 0.654. The normalized spacial score (nSPS) is 13.1. The van der Waals surface area contributed by atoms with Crippen LogP contribution in [-0.4, -0.2) is 9.97 Å². The Balaban J connectivity index is 1.10. The molecule has 59 heavy (non-hydrogen) atoms. The van der Waals surface area contributed by atoms with Gasteiger partial charge in [-0.15, -0.1) is 0 Å². The molecule has 0 N–H and O–H groups in total. The van der Waals surface area contributed by atoms with Crippen LogP contribution in [0.5, 0.6) is 0 Å². The smallest absolute Gasteiger partial charge is 0.160 e. The molecule has 0 bridgehead atoms. The molecule has 0 amide bonds. The van der Waals surface area contributed by atoms with Crippen molar-refractivity contribution in [2.45, 2.75) is 19.3 Å². The van der Waals surface area contributed by atoms with E-state index in [-0.39, 0.29) is 5.41 Å². The van der Waals surface area contributed by atoms with Crippen LogP contribution < -0.4 is 0 Å². The number of nitrogens with zero attached hydrogens (tertiary/aromatic N) is 2. The average Bonchev–Trinajstić information content (AvgIpc) is 3.93. The molecule has 278 valence electrons. The van der Waals surface area contributed by atoms with Crippen molar-refractivity contribution >= 4 is 43.9 Å². The maximum Gasteiger partial charge on any atom is 0.160 e. The van der Waals surface area contributed by atoms with E-state index in [1.54, 1.807) is 0 Å². The molecule has 1 aliphatic carbocycles. The molecule has 4 nitrogen and oxygen atoms in total. The van der Waals surface area contributed by atoms with Crippen molar-refractivity contribution in [2.24, 2.45) is 0 Å². The molecule has 4 heteroatoms. The number of para-hydroxylation sites is 3. The molecule has 0 atom stereocenters. The Labute approximate surface area is 341 Å². The molecule has 8 aromatic carbocycles. The number of benzene rings is 8. The number of hydrogen-bond acceptors (Lipinski definition) is 4. The third kappa shape index (κ3) is 5.30. The van der Waals surface area contributed by atoms with Crippen LogP contribution in [0, 0.1) is 0 Å². The Bertz CT molecular complexity index is 3480. The Hall–Kier alpha value is -7.56. The van der Waals surface area contributed by atoms with E-state index in [9.17, 15) is 0 Å². The van der Waals surface area contributed by atoms with Gasteiger partial charge in [-0.1, -0.05) is 135 Å². The zero-order chi connectivity index (χ0) is 39.2. The number of hydrogen-bond donors (Lipinski definition) is 0. The maximum atomic E-state index is 6.55. The summed E-state index contributed by atoms with van der Waals surface area (Å²) < 4.78 is 12.8. The van der Waals surface area contributed by atoms with E-state index < -0.39 is 0 Å². The molecule has 0 aliphatic heterocycles. The molecule has 0 saturated carbocycles. The van der Waals surface area contributed by atoms with E-state index >= 15 is 0 Å². The summed E-state index contributed by atoms with van der Waals surface area (Å²) in [7, 11) is 0. The van der Waals surface area contributed by atoms with E-state index in [0.29, 0.717) is 5.82 Å². The van der Waals surface area contributed by atoms with E-state index in [4.69, 9.17) is 18.8 Å². The van der Waals surface area contributed by atoms with Crippen LogP contribution in [0.4, 0.5) is 0 Å². The van der Waals surface area contributed by atoms with Gasteiger partial charge in [0.15, 0.2) is 5.82 Å². The van der Waals surface area contributed by atoms with Crippen molar-refractivity contribution in [3.05, 3.63) is 193 Å². The first-order valence-corrected chi connectivity index (χ1v) is 20.1. The van der Waals surface area contributed by atoms with Crippen LogP contribution >= 0.6 is 0 Å². The number of aromatic nitrogens is 2. The van der Waals surface area contributed by atoms with Gasteiger partial charge in [-0.25, -0.2) is 9.97 Å². The highest BCUT2D eigenvalue weighted by molar-refractivity contribution is 6.09. The van der Waals surface area contributed by atoms with Gasteiger partial charge >= 0.3 is 0 Å². The van der Waals surface area contributed by atoms with E-state index in [1.807, 2.05) is 42.5 Å². The molecule has 0 radical (unpaired) electrons. The summed E-state index contributed by atoms with van der Waals surface area (Å²) in [6.45, 7) is 4.66. The van der Waals surface area contributed by atoms with Crippen molar-refractivity contribution in [3.8, 4) is 67.3 Å². The van der Waals surface area contributed by atoms with E-state index in [2.05, 4.69) is 153 Å². The second-order valence-electron chi connectivity index (χ2n) is 16.1. The summed E-state index contributed by atoms with van der Waals surface area (Å²) in [5.41, 5.74) is 17.6. The lowest BCUT2D eigenvalue weighted by Gasteiger charge is -2.21. The predicted octanol–water partition coefficient (Wildman–Crippen LogP) is 14.9. The van der Waals surface area contributed by atoms with Gasteiger partial charge in [0.25, 0.3) is 0 Å². The topological polar surface area (TPSA) is 52.1 Å². The minimum atomic E-state index is -0.0753. The van der Waals surface area contributed by atoms with Gasteiger partial charge in [0, 0.05) is 43.7 Å². The third-order valence-corrected chi connectivity index (χ3v) is 12.3. The Kier molecular flexibility index (Phi) is 7.24. The Morgan fingerprint density at radius 2 is 0.949 bits per heavy atom. The van der Waals surface area contributed by atoms with Crippen LogP contribution in [0.15, 0.2) is 191 Å². The molecule has 12 rings (SSSR count). The lowest BCUT2D eigenvalue weighted by molar-refractivity contribution is 0.660. The minimum absolute atomic E-state index is 0.0753. The maximum absolute atomic E-state index is 6.55. The summed E-state index contributed by atoms with van der Waals surface area (Å²) in [6.07, 6.45) is 0. The SMILES string of the molecule is CC1(C)c2ccccc2-c2cc(-c3cc(-c4ccc5oc6ccccc6c5c4)cc(-c4cc(-c5cccc6c5oc5ccccc56)nc(-c5ccccc5)n4)c3)ccc21. The first kappa shape index (κ1) is 33.6. The lowest BCUT2D eigenvalue weighted by Crippen LogP contribution is -2.14. The highest BCUT2D eigenvalue weighted by atomic mass is 16.3. The zero-order valence-electron chi connectivity index (χ0n) is 32.5. The molecule has 3 aromatic heterocycles. The average molecular weight is 757 g/mol. The van der Waals surface area contributed by atoms with Crippen LogP contribution in [0.2, 0.25) is 0 Å². The lowest BCUT2D eigenvalue weighted by atomic mass is 9.82. The van der Waals surface area contributed by atoms with Crippen molar-refractivity contribution < 1.29 is 8.83 Å². The van der Waals surface area contributed by atoms with Crippen molar-refractivity contribution in [2.75, 3.05) is 0 Å². The second-order valence-corrected chi connectivity index (χ2v) is 16.1. The zero-order valence-corrected chi connectivity index (χ0v) is 32.5. The summed E-state index contributed by atoms with van der Waals surface area (Å²) >= 11 is 0. The first-order chi connectivity index (χ1) is 29.0. The van der Waals surface area contributed by atoms with Gasteiger partial charge < -0.3 is 8.83 Å². The van der Waals surface area contributed by atoms with Crippen LogP contribution in [-0.2, 0) is 5.41 Å². The molecule has 0 saturated heterocycles. The Morgan fingerprint density at radius 1 is 0.356 bits per heavy atom. The quantitative estimate of drug-likeness (QED) is 0.175. The largest absolute Gasteiger partial charge is 0.456 e. The third-order valence-electron chi connectivity index (χ3n) is 12.3. The first-order valence-electron chi connectivity index (χ1n) is 20.1. The predicted molar refractivity (Wildman–Crippen MR) is 241 cm³/mol. The highest BCUT2D eigenvalue weighted by Crippen LogP contribution is 2.50. The number of fused-ring (bicyclic) bond motifs is 9. The van der Waals surface area contributed by atoms with Crippen molar-refractivity contribution in [1.29, 1.82) is 0 Å². The molecule has 0 fully saturated rings. The number of furan rings is 2. The fraction of sp³-hybridized carbons (Fsp3) is 0.0545. The standard InChI is InChI=1S/C55H36N2O2/c1-55(2)46-20-9-6-15-39(46)44-30-34(23-25-47(44)55)36-27-37(35-24-26-52-45(31-35)41-17-8-10-21-50(41)58-52)29-38(28-36)48-32-49(57-54(56-48)33-13-4-3-5-14-33)43-19-12-18-42-40-16-7-11-22-51(40)59-53(42)43/h3-32H,1-2H3. The van der Waals surface area contributed by atoms with Crippen LogP contribution in [0.1, 0.15) is 25.0 Å². The van der Waals surface area contributed by atoms with Gasteiger partial charge in [-0.2, -0.15) is 0 Å². The fourth-order valence-electron chi connectivity index (χ4n) is 9.31. The van der Waals surface area contributed by atoms with Gasteiger partial charge in [0.1, 0.15) is 22.3 Å². The highest BCUT2D eigenvalue weighted by Gasteiger charge is 2.35. The molecule has 0 spiro atoms. The molecule has 3 heterocycles. The van der Waals surface area contributed by atoms with Crippen LogP contribution in [0.25, 0.3) is 111 Å². The molecular weight excluding hydrogens is 721 g/mol. The monoisotopic (exact) mass is 756 g/mol. The summed E-state index contributed by atoms with van der Waals surface area (Å²) in [4.78, 5) is 10.6. The summed E-state index contributed by atoms with van der Waals surface area (Å²) in [6, 6.07) is 64.3. The van der Waals surface area contributed by atoms with Gasteiger partial charge in [0.05, 0.1) is 11.4 Å². The van der Waals surface area contributed by atoms with Crippen molar-refractivity contribution in [3.63, 3.8) is 0 Å². The number of rotatable bonds is 5. The summed E-state index contributed by atoms with van der Waals surface area (Å²) in [5, 5.41) is 4.35. The van der Waals surface area contributed by atoms with Crippen LogP contribution in [0.3, 0.4) is 0 Å². The van der Waals surface area contributed by atoms with E-state index in [1.165, 1.54) is 22.3 Å². The van der Waals surface area contributed by atoms with Crippen molar-refractivity contribution in [1.82, 2.24) is 9.97 Å². The van der Waals surface area contributed by atoms with Gasteiger partial charge in [-0.3, -0.25) is 0 Å². The second kappa shape index (κ2) is 12.7. The molecule has 11 aromatic rings. The minimum Gasteiger partial charge on any atom is -0.456 e. The molecule has 0 unspecified atom stereocenters. The molecule has 1 aliphatic rings. The fourth-order valence-corrected chi connectivity index (χ4v) is 9.31. The Morgan fingerprint density at radius 3 is 1.78 bits per heavy atom. The van der Waals surface area contributed by atoms with Gasteiger partial charge in [0.2, 0.25) is 0 Å². The van der Waals surface area contributed by atoms with E-state index in [0.717, 1.165) is 94.2 Å². The van der Waals surface area contributed by atoms with Gasteiger partial charge in [-0.05, 0) is 105 Å². The molecular formula is C55H36N2O2.